The second-order valence-electron chi connectivity index (χ2n) is 3.86. The quantitative estimate of drug-likeness (QED) is 0.615. The molecule has 5 nitrogen and oxygen atoms in total. The van der Waals surface area contributed by atoms with Gasteiger partial charge in [-0.05, 0) is 6.42 Å². The molecule has 2 fully saturated rings. The molecule has 1 heterocycles. The molecule has 0 aromatic rings. The average molecular weight is 241 g/mol. The fourth-order valence-electron chi connectivity index (χ4n) is 1.53. The van der Waals surface area contributed by atoms with Gasteiger partial charge in [0, 0.05) is 18.5 Å². The number of rotatable bonds is 1. The predicted octanol–water partition coefficient (Wildman–Crippen LogP) is 0.314. The molecule has 0 amide bonds. The van der Waals surface area contributed by atoms with E-state index in [9.17, 15) is 18.0 Å². The first-order valence-electron chi connectivity index (χ1n) is 4.43. The van der Waals surface area contributed by atoms with Gasteiger partial charge in [-0.3, -0.25) is 4.79 Å². The van der Waals surface area contributed by atoms with Gasteiger partial charge < -0.3 is 15.5 Å². The number of carboxylic acids is 2. The van der Waals surface area contributed by atoms with Crippen molar-refractivity contribution >= 4 is 11.9 Å². The Kier molecular flexibility index (Phi) is 3.13. The molecule has 92 valence electrons. The fraction of sp³-hybridized carbons (Fsp3) is 0.750. The second kappa shape index (κ2) is 3.93. The average Bonchev–Trinajstić information content (AvgIpc) is 2.76. The van der Waals surface area contributed by atoms with Gasteiger partial charge in [-0.25, -0.2) is 4.79 Å². The van der Waals surface area contributed by atoms with Crippen molar-refractivity contribution < 1.29 is 33.0 Å². The van der Waals surface area contributed by atoms with Crippen LogP contribution in [0.15, 0.2) is 0 Å². The Balaban J connectivity index is 0.000000168. The van der Waals surface area contributed by atoms with Crippen LogP contribution in [0.2, 0.25) is 0 Å². The molecule has 1 aliphatic heterocycles. The summed E-state index contributed by atoms with van der Waals surface area (Å²) in [4.78, 5) is 19.2. The number of hydrogen-bond donors (Lipinski definition) is 3. The molecular weight excluding hydrogens is 231 g/mol. The first-order chi connectivity index (χ1) is 7.19. The zero-order chi connectivity index (χ0) is 12.6. The summed E-state index contributed by atoms with van der Waals surface area (Å²) in [7, 11) is 0. The van der Waals surface area contributed by atoms with Crippen LogP contribution in [0.1, 0.15) is 6.42 Å². The van der Waals surface area contributed by atoms with Gasteiger partial charge in [-0.1, -0.05) is 0 Å². The molecule has 3 N–H and O–H groups in total. The van der Waals surface area contributed by atoms with Gasteiger partial charge >= 0.3 is 18.1 Å². The molecule has 1 saturated carbocycles. The molecule has 0 aromatic carbocycles. The summed E-state index contributed by atoms with van der Waals surface area (Å²) >= 11 is 0. The van der Waals surface area contributed by atoms with Crippen LogP contribution in [0.4, 0.5) is 13.2 Å². The Labute approximate surface area is 88.2 Å². The van der Waals surface area contributed by atoms with E-state index in [1.807, 2.05) is 0 Å². The molecule has 0 bridgehead atoms. The maximum Gasteiger partial charge on any atom is 0.490 e. The van der Waals surface area contributed by atoms with Crippen molar-refractivity contribution in [2.45, 2.75) is 12.6 Å². The maximum atomic E-state index is 10.6. The van der Waals surface area contributed by atoms with Crippen molar-refractivity contribution in [2.24, 2.45) is 11.3 Å². The highest BCUT2D eigenvalue weighted by atomic mass is 19.4. The molecule has 2 rings (SSSR count). The van der Waals surface area contributed by atoms with Crippen LogP contribution >= 0.6 is 0 Å². The molecule has 16 heavy (non-hydrogen) atoms. The number of halogens is 3. The number of carboxylic acid groups (broad SMARTS) is 2. The highest BCUT2D eigenvalue weighted by Gasteiger charge is 2.61. The van der Waals surface area contributed by atoms with Crippen molar-refractivity contribution in [1.82, 2.24) is 5.32 Å². The van der Waals surface area contributed by atoms with Gasteiger partial charge in [-0.15, -0.1) is 0 Å². The standard InChI is InChI=1S/C6H9NO2.C2HF3O2/c8-5(9)4-1-6(4)2-7-3-6;3-2(4,5)1(6)7/h4,7H,1-3H2,(H,8,9);(H,6,7). The summed E-state index contributed by atoms with van der Waals surface area (Å²) in [5, 5.41) is 18.7. The Bertz CT molecular complexity index is 311. The van der Waals surface area contributed by atoms with Gasteiger partial charge in [0.25, 0.3) is 0 Å². The minimum absolute atomic E-state index is 0.0289. The largest absolute Gasteiger partial charge is 0.490 e. The molecule has 1 aliphatic carbocycles. The topological polar surface area (TPSA) is 86.6 Å². The van der Waals surface area contributed by atoms with E-state index in [0.717, 1.165) is 19.5 Å². The summed E-state index contributed by atoms with van der Waals surface area (Å²) in [6.45, 7) is 1.84. The van der Waals surface area contributed by atoms with Crippen LogP contribution in [0.3, 0.4) is 0 Å². The minimum Gasteiger partial charge on any atom is -0.481 e. The van der Waals surface area contributed by atoms with E-state index in [4.69, 9.17) is 15.0 Å². The molecule has 0 radical (unpaired) electrons. The molecule has 1 spiro atoms. The fourth-order valence-corrected chi connectivity index (χ4v) is 1.53. The lowest BCUT2D eigenvalue weighted by Gasteiger charge is -2.27. The van der Waals surface area contributed by atoms with E-state index in [1.54, 1.807) is 0 Å². The van der Waals surface area contributed by atoms with Gasteiger partial charge in [0.2, 0.25) is 0 Å². The zero-order valence-electron chi connectivity index (χ0n) is 8.04. The number of hydrogen-bond acceptors (Lipinski definition) is 3. The van der Waals surface area contributed by atoms with Crippen LogP contribution in [0.5, 0.6) is 0 Å². The monoisotopic (exact) mass is 241 g/mol. The van der Waals surface area contributed by atoms with Crippen LogP contribution in [-0.2, 0) is 9.59 Å². The number of alkyl halides is 3. The Morgan fingerprint density at radius 1 is 1.25 bits per heavy atom. The van der Waals surface area contributed by atoms with Gasteiger partial charge in [0.15, 0.2) is 0 Å². The SMILES string of the molecule is O=C(O)C(F)(F)F.O=C(O)C1CC12CNC2. The van der Waals surface area contributed by atoms with Gasteiger partial charge in [0.1, 0.15) is 0 Å². The van der Waals surface area contributed by atoms with Crippen molar-refractivity contribution in [1.29, 1.82) is 0 Å². The smallest absolute Gasteiger partial charge is 0.481 e. The van der Waals surface area contributed by atoms with Crippen molar-refractivity contribution in [3.8, 4) is 0 Å². The molecule has 2 aliphatic rings. The predicted molar refractivity (Wildman–Crippen MR) is 44.7 cm³/mol. The molecule has 1 unspecified atom stereocenters. The third-order valence-electron chi connectivity index (χ3n) is 2.68. The van der Waals surface area contributed by atoms with Crippen LogP contribution in [-0.4, -0.2) is 41.4 Å². The molecule has 1 saturated heterocycles. The second-order valence-corrected chi connectivity index (χ2v) is 3.86. The van der Waals surface area contributed by atoms with E-state index in [-0.39, 0.29) is 11.3 Å². The number of nitrogens with one attached hydrogen (secondary N) is 1. The normalized spacial score (nSPS) is 25.1. The zero-order valence-corrected chi connectivity index (χ0v) is 8.04. The van der Waals surface area contributed by atoms with Crippen LogP contribution in [0.25, 0.3) is 0 Å². The lowest BCUT2D eigenvalue weighted by molar-refractivity contribution is -0.192. The third-order valence-corrected chi connectivity index (χ3v) is 2.68. The Morgan fingerprint density at radius 2 is 1.69 bits per heavy atom. The van der Waals surface area contributed by atoms with E-state index in [1.165, 1.54) is 0 Å². The molecular formula is C8H10F3NO4. The molecule has 8 heteroatoms. The van der Waals surface area contributed by atoms with E-state index < -0.39 is 18.1 Å². The van der Waals surface area contributed by atoms with Crippen molar-refractivity contribution in [3.63, 3.8) is 0 Å². The third kappa shape index (κ3) is 2.63. The Hall–Kier alpha value is -1.31. The van der Waals surface area contributed by atoms with E-state index in [0.29, 0.717) is 0 Å². The highest BCUT2D eigenvalue weighted by molar-refractivity contribution is 5.75. The van der Waals surface area contributed by atoms with Crippen molar-refractivity contribution in [2.75, 3.05) is 13.1 Å². The van der Waals surface area contributed by atoms with Crippen LogP contribution < -0.4 is 5.32 Å². The Morgan fingerprint density at radius 3 is 1.75 bits per heavy atom. The summed E-state index contributed by atoms with van der Waals surface area (Å²) < 4.78 is 31.7. The number of carbonyl (C=O) groups is 2. The highest BCUT2D eigenvalue weighted by Crippen LogP contribution is 2.55. The molecule has 1 atom stereocenters. The summed E-state index contributed by atoms with van der Waals surface area (Å²) in [6, 6.07) is 0. The van der Waals surface area contributed by atoms with Crippen molar-refractivity contribution in [3.05, 3.63) is 0 Å². The van der Waals surface area contributed by atoms with Gasteiger partial charge in [0.05, 0.1) is 5.92 Å². The first kappa shape index (κ1) is 12.8. The lowest BCUT2D eigenvalue weighted by Crippen LogP contribution is -2.46. The lowest BCUT2D eigenvalue weighted by atomic mass is 9.97. The summed E-state index contributed by atoms with van der Waals surface area (Å²) in [6.07, 6.45) is -4.19. The van der Waals surface area contributed by atoms with Gasteiger partial charge in [-0.2, -0.15) is 13.2 Å². The first-order valence-corrected chi connectivity index (χ1v) is 4.43. The number of aliphatic carboxylic acids is 2. The van der Waals surface area contributed by atoms with Crippen LogP contribution in [0, 0.1) is 11.3 Å². The van der Waals surface area contributed by atoms with E-state index >= 15 is 0 Å². The van der Waals surface area contributed by atoms with E-state index in [2.05, 4.69) is 5.32 Å². The maximum absolute atomic E-state index is 10.6. The summed E-state index contributed by atoms with van der Waals surface area (Å²) in [5.74, 6) is -3.40. The minimum atomic E-state index is -5.08. The molecule has 0 aromatic heterocycles. The summed E-state index contributed by atoms with van der Waals surface area (Å²) in [5.41, 5.74) is 0.200.